The van der Waals surface area contributed by atoms with Crippen LogP contribution in [-0.2, 0) is 6.18 Å². The number of halogens is 4. The van der Waals surface area contributed by atoms with Crippen molar-refractivity contribution in [3.8, 4) is 0 Å². The quantitative estimate of drug-likeness (QED) is 0.839. The van der Waals surface area contributed by atoms with E-state index in [1.54, 1.807) is 0 Å². The molecule has 0 saturated carbocycles. The Hall–Kier alpha value is -0.270. The van der Waals surface area contributed by atoms with E-state index >= 15 is 0 Å². The van der Waals surface area contributed by atoms with E-state index in [2.05, 4.69) is 4.98 Å². The average Bonchev–Trinajstić information content (AvgIpc) is 2.56. The van der Waals surface area contributed by atoms with Gasteiger partial charge in [0.05, 0.1) is 0 Å². The van der Waals surface area contributed by atoms with Crippen molar-refractivity contribution in [2.45, 2.75) is 19.5 Å². The van der Waals surface area contributed by atoms with Gasteiger partial charge >= 0.3 is 6.18 Å². The molecule has 0 spiro atoms. The summed E-state index contributed by atoms with van der Waals surface area (Å²) in [5, 5.41) is -0.626. The monoisotopic (exact) mass is 289 g/mol. The van der Waals surface area contributed by atoms with Crippen molar-refractivity contribution < 1.29 is 18.0 Å². The molecule has 0 aromatic carbocycles. The Balaban J connectivity index is 2.99. The third-order valence-electron chi connectivity index (χ3n) is 1.49. The van der Waals surface area contributed by atoms with Crippen molar-refractivity contribution in [1.82, 2.24) is 4.98 Å². The zero-order valence-corrected chi connectivity index (χ0v) is 10.5. The number of carbonyl (C=O) groups is 1. The minimum Gasteiger partial charge on any atom is -0.281 e. The molecule has 16 heavy (non-hydrogen) atoms. The summed E-state index contributed by atoms with van der Waals surface area (Å²) in [6, 6.07) is 0. The highest BCUT2D eigenvalue weighted by Gasteiger charge is 2.39. The lowest BCUT2D eigenvalue weighted by Gasteiger charge is -2.04. The van der Waals surface area contributed by atoms with Crippen molar-refractivity contribution in [3.05, 3.63) is 15.0 Å². The van der Waals surface area contributed by atoms with Gasteiger partial charge in [0.1, 0.15) is 4.88 Å². The number of carbonyl (C=O) groups excluding carboxylic acids is 1. The molecule has 90 valence electrons. The highest BCUT2D eigenvalue weighted by Crippen LogP contribution is 2.37. The molecule has 0 bridgehead atoms. The van der Waals surface area contributed by atoms with E-state index in [9.17, 15) is 18.0 Å². The number of hydrogen-bond acceptors (Lipinski definition) is 4. The second-order valence-corrected chi connectivity index (χ2v) is 5.43. The van der Waals surface area contributed by atoms with Crippen molar-refractivity contribution in [1.29, 1.82) is 0 Å². The van der Waals surface area contributed by atoms with Crippen LogP contribution in [0.4, 0.5) is 13.2 Å². The van der Waals surface area contributed by atoms with Gasteiger partial charge < -0.3 is 0 Å². The lowest BCUT2D eigenvalue weighted by molar-refractivity contribution is -0.141. The summed E-state index contributed by atoms with van der Waals surface area (Å²) >= 11 is 6.81. The summed E-state index contributed by atoms with van der Waals surface area (Å²) in [6.07, 6.45) is -3.92. The van der Waals surface area contributed by atoms with E-state index in [1.165, 1.54) is 0 Å². The van der Waals surface area contributed by atoms with E-state index < -0.39 is 21.9 Å². The minimum atomic E-state index is -4.64. The first-order valence-electron chi connectivity index (χ1n) is 4.27. The number of nitrogens with zero attached hydrogens (tertiary/aromatic N) is 1. The van der Waals surface area contributed by atoms with Gasteiger partial charge in [0.2, 0.25) is 5.12 Å². The normalized spacial score (nSPS) is 11.8. The Morgan fingerprint density at radius 2 is 2.19 bits per heavy atom. The number of aromatic nitrogens is 1. The van der Waals surface area contributed by atoms with Gasteiger partial charge in [-0.05, 0) is 6.42 Å². The number of alkyl halides is 3. The van der Waals surface area contributed by atoms with Gasteiger partial charge in [0, 0.05) is 5.75 Å². The highest BCUT2D eigenvalue weighted by molar-refractivity contribution is 8.14. The third-order valence-corrected chi connectivity index (χ3v) is 3.86. The first kappa shape index (κ1) is 13.8. The van der Waals surface area contributed by atoms with E-state index in [-0.39, 0.29) is 4.47 Å². The Bertz CT molecular complexity index is 391. The molecule has 0 N–H and O–H groups in total. The molecular weight excluding hydrogens is 283 g/mol. The summed E-state index contributed by atoms with van der Waals surface area (Å²) in [6.45, 7) is 1.84. The van der Waals surface area contributed by atoms with Gasteiger partial charge in [-0.1, -0.05) is 41.6 Å². The predicted octanol–water partition coefficient (Wildman–Crippen LogP) is 4.10. The molecule has 1 aromatic heterocycles. The first-order valence-corrected chi connectivity index (χ1v) is 6.45. The van der Waals surface area contributed by atoms with Crippen LogP contribution in [-0.4, -0.2) is 15.9 Å². The molecule has 0 atom stereocenters. The minimum absolute atomic E-state index is 0.271. The van der Waals surface area contributed by atoms with Crippen LogP contribution in [0.1, 0.15) is 28.7 Å². The highest BCUT2D eigenvalue weighted by atomic mass is 35.5. The van der Waals surface area contributed by atoms with Gasteiger partial charge in [-0.2, -0.15) is 13.2 Å². The van der Waals surface area contributed by atoms with Gasteiger partial charge in [-0.3, -0.25) is 4.79 Å². The van der Waals surface area contributed by atoms with Gasteiger partial charge in [-0.25, -0.2) is 4.98 Å². The van der Waals surface area contributed by atoms with Crippen LogP contribution in [0.5, 0.6) is 0 Å². The standard InChI is InChI=1S/C8H7ClF3NOS2/c1-2-3-15-6(14)4-5(8(10,11)12)13-7(9)16-4/h2-3H2,1H3. The predicted molar refractivity (Wildman–Crippen MR) is 59.2 cm³/mol. The second kappa shape index (κ2) is 5.37. The molecule has 0 unspecified atom stereocenters. The van der Waals surface area contributed by atoms with Crippen LogP contribution < -0.4 is 0 Å². The first-order chi connectivity index (χ1) is 7.36. The van der Waals surface area contributed by atoms with Crippen molar-refractivity contribution in [3.63, 3.8) is 0 Å². The smallest absolute Gasteiger partial charge is 0.281 e. The molecule has 2 nitrogen and oxygen atoms in total. The zero-order valence-electron chi connectivity index (χ0n) is 8.10. The maximum Gasteiger partial charge on any atom is 0.435 e. The number of thioether (sulfide) groups is 1. The van der Waals surface area contributed by atoms with E-state index in [0.29, 0.717) is 23.5 Å². The van der Waals surface area contributed by atoms with Crippen LogP contribution in [0.2, 0.25) is 4.47 Å². The van der Waals surface area contributed by atoms with Gasteiger partial charge in [-0.15, -0.1) is 0 Å². The molecule has 0 aliphatic rings. The fourth-order valence-corrected chi connectivity index (χ4v) is 2.77. The average molecular weight is 290 g/mol. The van der Waals surface area contributed by atoms with Crippen molar-refractivity contribution in [2.75, 3.05) is 5.75 Å². The Kier molecular flexibility index (Phi) is 4.63. The second-order valence-electron chi connectivity index (χ2n) is 2.78. The van der Waals surface area contributed by atoms with Crippen LogP contribution >= 0.6 is 34.7 Å². The zero-order chi connectivity index (χ0) is 12.3. The summed E-state index contributed by atoms with van der Waals surface area (Å²) in [5.74, 6) is 0.478. The SMILES string of the molecule is CCCSC(=O)c1sc(Cl)nc1C(F)(F)F. The molecule has 0 saturated heterocycles. The largest absolute Gasteiger partial charge is 0.435 e. The van der Waals surface area contributed by atoms with Gasteiger partial charge in [0.15, 0.2) is 10.2 Å². The van der Waals surface area contributed by atoms with Crippen LogP contribution in [0.15, 0.2) is 0 Å². The molecule has 1 heterocycles. The Morgan fingerprint density at radius 1 is 1.56 bits per heavy atom. The molecule has 0 amide bonds. The number of rotatable bonds is 3. The molecule has 0 aliphatic heterocycles. The summed E-state index contributed by atoms with van der Waals surface area (Å²) in [5.41, 5.74) is -1.18. The van der Waals surface area contributed by atoms with Crippen molar-refractivity contribution in [2.24, 2.45) is 0 Å². The molecule has 0 radical (unpaired) electrons. The van der Waals surface area contributed by atoms with Gasteiger partial charge in [0.25, 0.3) is 0 Å². The van der Waals surface area contributed by atoms with Crippen LogP contribution in [0.25, 0.3) is 0 Å². The lowest BCUT2D eigenvalue weighted by atomic mass is 10.4. The summed E-state index contributed by atoms with van der Waals surface area (Å²) in [4.78, 5) is 14.2. The molecule has 0 fully saturated rings. The van der Waals surface area contributed by atoms with E-state index in [1.807, 2.05) is 6.92 Å². The molecular formula is C8H7ClF3NOS2. The summed E-state index contributed by atoms with van der Waals surface area (Å²) in [7, 11) is 0. The van der Waals surface area contributed by atoms with Crippen LogP contribution in [0.3, 0.4) is 0 Å². The fourth-order valence-electron chi connectivity index (χ4n) is 0.885. The molecule has 1 rings (SSSR count). The van der Waals surface area contributed by atoms with E-state index in [0.717, 1.165) is 11.8 Å². The maximum absolute atomic E-state index is 12.5. The lowest BCUT2D eigenvalue weighted by Crippen LogP contribution is -2.10. The molecule has 0 aliphatic carbocycles. The fraction of sp³-hybridized carbons (Fsp3) is 0.500. The topological polar surface area (TPSA) is 30.0 Å². The molecule has 1 aromatic rings. The maximum atomic E-state index is 12.5. The van der Waals surface area contributed by atoms with Crippen molar-refractivity contribution >= 4 is 39.8 Å². The Labute approximate surface area is 103 Å². The summed E-state index contributed by atoms with van der Waals surface area (Å²) < 4.78 is 37.1. The number of thiazole rings is 1. The number of hydrogen-bond donors (Lipinski definition) is 0. The molecule has 8 heteroatoms. The third kappa shape index (κ3) is 3.36. The van der Waals surface area contributed by atoms with E-state index in [4.69, 9.17) is 11.6 Å². The Morgan fingerprint density at radius 3 is 2.69 bits per heavy atom. The van der Waals surface area contributed by atoms with Crippen LogP contribution in [0, 0.1) is 0 Å².